The second-order valence-electron chi connectivity index (χ2n) is 4.12. The molecule has 1 aromatic heterocycles. The zero-order valence-electron chi connectivity index (χ0n) is 10.6. The molecule has 0 aliphatic rings. The SMILES string of the molecule is CCCC(C)COc1cncc(C#CCN)c1. The molecule has 1 atom stereocenters. The van der Waals surface area contributed by atoms with Gasteiger partial charge in [0.25, 0.3) is 0 Å². The van der Waals surface area contributed by atoms with Gasteiger partial charge in [-0.2, -0.15) is 0 Å². The lowest BCUT2D eigenvalue weighted by Crippen LogP contribution is -2.08. The summed E-state index contributed by atoms with van der Waals surface area (Å²) in [7, 11) is 0. The zero-order chi connectivity index (χ0) is 12.5. The highest BCUT2D eigenvalue weighted by Crippen LogP contribution is 2.13. The summed E-state index contributed by atoms with van der Waals surface area (Å²) in [6, 6.07) is 1.90. The lowest BCUT2D eigenvalue weighted by Gasteiger charge is -2.11. The minimum Gasteiger partial charge on any atom is -0.492 e. The number of rotatable bonds is 5. The highest BCUT2D eigenvalue weighted by molar-refractivity contribution is 5.36. The molecule has 0 bridgehead atoms. The van der Waals surface area contributed by atoms with Crippen molar-refractivity contribution in [1.82, 2.24) is 4.98 Å². The smallest absolute Gasteiger partial charge is 0.138 e. The largest absolute Gasteiger partial charge is 0.492 e. The van der Waals surface area contributed by atoms with Crippen LogP contribution in [0.3, 0.4) is 0 Å². The molecule has 3 nitrogen and oxygen atoms in total. The molecule has 2 N–H and O–H groups in total. The second kappa shape index (κ2) is 7.70. The number of ether oxygens (including phenoxy) is 1. The third-order valence-corrected chi connectivity index (χ3v) is 2.36. The highest BCUT2D eigenvalue weighted by Gasteiger charge is 2.02. The molecular weight excluding hydrogens is 212 g/mol. The topological polar surface area (TPSA) is 48.1 Å². The maximum absolute atomic E-state index is 5.68. The van der Waals surface area contributed by atoms with Gasteiger partial charge in [-0.1, -0.05) is 32.1 Å². The van der Waals surface area contributed by atoms with E-state index in [0.29, 0.717) is 12.5 Å². The monoisotopic (exact) mass is 232 g/mol. The van der Waals surface area contributed by atoms with Gasteiger partial charge >= 0.3 is 0 Å². The standard InChI is InChI=1S/C14H20N2O/c1-3-5-12(2)11-17-14-8-13(6-4-7-15)9-16-10-14/h8-10,12H,3,5,7,11,15H2,1-2H3. The summed E-state index contributed by atoms with van der Waals surface area (Å²) >= 11 is 0. The van der Waals surface area contributed by atoms with Gasteiger partial charge in [0, 0.05) is 11.8 Å². The molecular formula is C14H20N2O. The van der Waals surface area contributed by atoms with Gasteiger partial charge in [0.2, 0.25) is 0 Å². The number of nitrogens with zero attached hydrogens (tertiary/aromatic N) is 1. The highest BCUT2D eigenvalue weighted by atomic mass is 16.5. The third-order valence-electron chi connectivity index (χ3n) is 2.36. The average Bonchev–Trinajstić information content (AvgIpc) is 2.35. The van der Waals surface area contributed by atoms with Crippen LogP contribution in [0.25, 0.3) is 0 Å². The van der Waals surface area contributed by atoms with Gasteiger partial charge in [-0.3, -0.25) is 4.98 Å². The van der Waals surface area contributed by atoms with Crippen molar-refractivity contribution in [2.75, 3.05) is 13.2 Å². The number of aromatic nitrogens is 1. The molecule has 0 amide bonds. The quantitative estimate of drug-likeness (QED) is 0.792. The molecule has 0 aliphatic heterocycles. The molecule has 1 rings (SSSR count). The second-order valence-corrected chi connectivity index (χ2v) is 4.12. The van der Waals surface area contributed by atoms with E-state index in [1.807, 2.05) is 6.07 Å². The Morgan fingerprint density at radius 2 is 2.29 bits per heavy atom. The van der Waals surface area contributed by atoms with E-state index in [2.05, 4.69) is 30.7 Å². The van der Waals surface area contributed by atoms with Crippen LogP contribution in [-0.4, -0.2) is 18.1 Å². The Labute approximate surface area is 103 Å². The fourth-order valence-electron chi connectivity index (χ4n) is 1.53. The van der Waals surface area contributed by atoms with Crippen molar-refractivity contribution < 1.29 is 4.74 Å². The average molecular weight is 232 g/mol. The van der Waals surface area contributed by atoms with Crippen LogP contribution in [0.1, 0.15) is 32.3 Å². The minimum atomic E-state index is 0.360. The summed E-state index contributed by atoms with van der Waals surface area (Å²) in [4.78, 5) is 4.09. The van der Waals surface area contributed by atoms with Crippen molar-refractivity contribution in [3.8, 4) is 17.6 Å². The predicted molar refractivity (Wildman–Crippen MR) is 69.7 cm³/mol. The third kappa shape index (κ3) is 5.37. The molecule has 0 saturated heterocycles. The predicted octanol–water partition coefficient (Wildman–Crippen LogP) is 2.21. The van der Waals surface area contributed by atoms with Crippen molar-refractivity contribution in [3.05, 3.63) is 24.0 Å². The van der Waals surface area contributed by atoms with Crippen molar-refractivity contribution >= 4 is 0 Å². The number of pyridine rings is 1. The zero-order valence-corrected chi connectivity index (χ0v) is 10.6. The first kappa shape index (κ1) is 13.5. The molecule has 0 saturated carbocycles. The Kier molecular flexibility index (Phi) is 6.13. The molecule has 0 fully saturated rings. The first-order chi connectivity index (χ1) is 8.26. The van der Waals surface area contributed by atoms with Gasteiger partial charge in [-0.25, -0.2) is 0 Å². The Balaban J connectivity index is 2.54. The van der Waals surface area contributed by atoms with Crippen LogP contribution in [0.2, 0.25) is 0 Å². The summed E-state index contributed by atoms with van der Waals surface area (Å²) in [6.07, 6.45) is 5.79. The van der Waals surface area contributed by atoms with E-state index in [0.717, 1.165) is 17.9 Å². The van der Waals surface area contributed by atoms with E-state index < -0.39 is 0 Å². The van der Waals surface area contributed by atoms with Crippen molar-refractivity contribution in [3.63, 3.8) is 0 Å². The fourth-order valence-corrected chi connectivity index (χ4v) is 1.53. The lowest BCUT2D eigenvalue weighted by atomic mass is 10.1. The number of hydrogen-bond donors (Lipinski definition) is 1. The molecule has 1 aromatic rings. The maximum Gasteiger partial charge on any atom is 0.138 e. The Morgan fingerprint density at radius 3 is 3.00 bits per heavy atom. The van der Waals surface area contributed by atoms with Gasteiger partial charge in [-0.15, -0.1) is 0 Å². The molecule has 3 heteroatoms. The van der Waals surface area contributed by atoms with Crippen LogP contribution >= 0.6 is 0 Å². The molecule has 92 valence electrons. The number of nitrogens with two attached hydrogens (primary N) is 1. The van der Waals surface area contributed by atoms with Crippen molar-refractivity contribution in [1.29, 1.82) is 0 Å². The van der Waals surface area contributed by atoms with Gasteiger partial charge in [0.05, 0.1) is 19.3 Å². The summed E-state index contributed by atoms with van der Waals surface area (Å²) in [5.74, 6) is 7.08. The van der Waals surface area contributed by atoms with E-state index >= 15 is 0 Å². The molecule has 0 aromatic carbocycles. The maximum atomic E-state index is 5.68. The molecule has 0 spiro atoms. The van der Waals surface area contributed by atoms with Gasteiger partial charge in [-0.05, 0) is 18.4 Å². The van der Waals surface area contributed by atoms with E-state index in [-0.39, 0.29) is 0 Å². The summed E-state index contributed by atoms with van der Waals surface area (Å²) in [6.45, 7) is 5.46. The summed E-state index contributed by atoms with van der Waals surface area (Å²) < 4.78 is 5.68. The molecule has 0 radical (unpaired) electrons. The van der Waals surface area contributed by atoms with Crippen LogP contribution in [0.4, 0.5) is 0 Å². The van der Waals surface area contributed by atoms with E-state index in [4.69, 9.17) is 10.5 Å². The first-order valence-corrected chi connectivity index (χ1v) is 6.03. The van der Waals surface area contributed by atoms with Crippen molar-refractivity contribution in [2.45, 2.75) is 26.7 Å². The van der Waals surface area contributed by atoms with Crippen molar-refractivity contribution in [2.24, 2.45) is 11.7 Å². The van der Waals surface area contributed by atoms with Crippen LogP contribution in [0, 0.1) is 17.8 Å². The molecule has 0 aliphatic carbocycles. The summed E-state index contributed by atoms with van der Waals surface area (Å²) in [5, 5.41) is 0. The van der Waals surface area contributed by atoms with Gasteiger partial charge < -0.3 is 10.5 Å². The molecule has 17 heavy (non-hydrogen) atoms. The molecule has 1 unspecified atom stereocenters. The van der Waals surface area contributed by atoms with Crippen LogP contribution in [-0.2, 0) is 0 Å². The lowest BCUT2D eigenvalue weighted by molar-refractivity contribution is 0.250. The Bertz CT molecular complexity index is 393. The minimum absolute atomic E-state index is 0.360. The van der Waals surface area contributed by atoms with Crippen LogP contribution < -0.4 is 10.5 Å². The van der Waals surface area contributed by atoms with Crippen LogP contribution in [0.5, 0.6) is 5.75 Å². The van der Waals surface area contributed by atoms with E-state index in [1.165, 1.54) is 12.8 Å². The first-order valence-electron chi connectivity index (χ1n) is 6.03. The summed E-state index contributed by atoms with van der Waals surface area (Å²) in [5.41, 5.74) is 6.16. The van der Waals surface area contributed by atoms with Crippen LogP contribution in [0.15, 0.2) is 18.5 Å². The Morgan fingerprint density at radius 1 is 1.47 bits per heavy atom. The van der Waals surface area contributed by atoms with Gasteiger partial charge in [0.15, 0.2) is 0 Å². The fraction of sp³-hybridized carbons (Fsp3) is 0.500. The Hall–Kier alpha value is -1.53. The van der Waals surface area contributed by atoms with Gasteiger partial charge in [0.1, 0.15) is 5.75 Å². The molecule has 1 heterocycles. The number of hydrogen-bond acceptors (Lipinski definition) is 3. The van der Waals surface area contributed by atoms with E-state index in [9.17, 15) is 0 Å². The van der Waals surface area contributed by atoms with E-state index in [1.54, 1.807) is 12.4 Å². The normalized spacial score (nSPS) is 11.5.